The molecular formula is C12H16N2OS. The summed E-state index contributed by atoms with van der Waals surface area (Å²) in [5.74, 6) is 0.821. The van der Waals surface area contributed by atoms with Crippen LogP contribution in [0.5, 0.6) is 0 Å². The van der Waals surface area contributed by atoms with Gasteiger partial charge in [0.05, 0.1) is 12.1 Å². The predicted molar refractivity (Wildman–Crippen MR) is 65.9 cm³/mol. The molecule has 0 bridgehead atoms. The normalized spacial score (nSPS) is 10.8. The molecule has 2 rings (SSSR count). The molecule has 0 aliphatic heterocycles. The number of nitrogens with zero attached hydrogens (tertiary/aromatic N) is 1. The molecule has 3 nitrogen and oxygen atoms in total. The molecule has 1 N–H and O–H groups in total. The number of hydrogen-bond donors (Lipinski definition) is 1. The SMILES string of the molecule is CNCCCc1coc(Cc2cccs2)n1. The Balaban J connectivity index is 1.87. The van der Waals surface area contributed by atoms with Gasteiger partial charge < -0.3 is 9.73 Å². The van der Waals surface area contributed by atoms with Gasteiger partial charge in [-0.1, -0.05) is 6.07 Å². The quantitative estimate of drug-likeness (QED) is 0.783. The van der Waals surface area contributed by atoms with E-state index in [9.17, 15) is 0 Å². The summed E-state index contributed by atoms with van der Waals surface area (Å²) in [5, 5.41) is 5.20. The van der Waals surface area contributed by atoms with Gasteiger partial charge >= 0.3 is 0 Å². The fraction of sp³-hybridized carbons (Fsp3) is 0.417. The number of hydrogen-bond acceptors (Lipinski definition) is 4. The summed E-state index contributed by atoms with van der Waals surface area (Å²) in [6.45, 7) is 1.02. The zero-order valence-corrected chi connectivity index (χ0v) is 10.2. The summed E-state index contributed by atoms with van der Waals surface area (Å²) >= 11 is 1.74. The van der Waals surface area contributed by atoms with Crippen LogP contribution in [0.4, 0.5) is 0 Å². The molecular weight excluding hydrogens is 220 g/mol. The van der Waals surface area contributed by atoms with Crippen molar-refractivity contribution >= 4 is 11.3 Å². The van der Waals surface area contributed by atoms with Gasteiger partial charge in [0.15, 0.2) is 5.89 Å². The van der Waals surface area contributed by atoms with Crippen molar-refractivity contribution in [2.24, 2.45) is 0 Å². The van der Waals surface area contributed by atoms with Crippen molar-refractivity contribution in [2.45, 2.75) is 19.3 Å². The third-order valence-electron chi connectivity index (χ3n) is 2.36. The predicted octanol–water partition coefficient (Wildman–Crippen LogP) is 2.48. The van der Waals surface area contributed by atoms with Crippen LogP contribution in [0.3, 0.4) is 0 Å². The van der Waals surface area contributed by atoms with E-state index in [1.165, 1.54) is 4.88 Å². The minimum atomic E-state index is 0.809. The lowest BCUT2D eigenvalue weighted by atomic mass is 10.2. The first-order valence-corrected chi connectivity index (χ1v) is 6.36. The number of rotatable bonds is 6. The Kier molecular flexibility index (Phi) is 4.13. The summed E-state index contributed by atoms with van der Waals surface area (Å²) in [7, 11) is 1.96. The Bertz CT molecular complexity index is 408. The van der Waals surface area contributed by atoms with Crippen molar-refractivity contribution in [3.63, 3.8) is 0 Å². The minimum absolute atomic E-state index is 0.809. The van der Waals surface area contributed by atoms with E-state index in [2.05, 4.69) is 27.8 Å². The lowest BCUT2D eigenvalue weighted by Gasteiger charge is -1.94. The van der Waals surface area contributed by atoms with Crippen LogP contribution >= 0.6 is 11.3 Å². The molecule has 0 aliphatic carbocycles. The smallest absolute Gasteiger partial charge is 0.199 e. The van der Waals surface area contributed by atoms with Crippen molar-refractivity contribution in [1.82, 2.24) is 10.3 Å². The molecule has 0 unspecified atom stereocenters. The average Bonchev–Trinajstić information content (AvgIpc) is 2.91. The monoisotopic (exact) mass is 236 g/mol. The van der Waals surface area contributed by atoms with E-state index < -0.39 is 0 Å². The van der Waals surface area contributed by atoms with Gasteiger partial charge in [-0.3, -0.25) is 0 Å². The van der Waals surface area contributed by atoms with Crippen LogP contribution in [0.1, 0.15) is 22.9 Å². The zero-order chi connectivity index (χ0) is 11.2. The van der Waals surface area contributed by atoms with Gasteiger partial charge in [0, 0.05) is 4.88 Å². The average molecular weight is 236 g/mol. The number of thiophene rings is 1. The Morgan fingerprint density at radius 1 is 1.50 bits per heavy atom. The third-order valence-corrected chi connectivity index (χ3v) is 3.24. The van der Waals surface area contributed by atoms with Crippen LogP contribution in [0.15, 0.2) is 28.2 Å². The first kappa shape index (κ1) is 11.4. The maximum absolute atomic E-state index is 5.44. The van der Waals surface area contributed by atoms with Gasteiger partial charge in [-0.25, -0.2) is 4.98 Å². The minimum Gasteiger partial charge on any atom is -0.448 e. The first-order chi connectivity index (χ1) is 7.88. The van der Waals surface area contributed by atoms with E-state index in [-0.39, 0.29) is 0 Å². The summed E-state index contributed by atoms with van der Waals surface area (Å²) in [4.78, 5) is 5.76. The Labute approximate surface area is 99.5 Å². The third kappa shape index (κ3) is 3.18. The highest BCUT2D eigenvalue weighted by Gasteiger charge is 2.05. The fourth-order valence-corrected chi connectivity index (χ4v) is 2.25. The van der Waals surface area contributed by atoms with Gasteiger partial charge in [0.1, 0.15) is 6.26 Å². The summed E-state index contributed by atoms with van der Waals surface area (Å²) in [5.41, 5.74) is 1.06. The summed E-state index contributed by atoms with van der Waals surface area (Å²) in [6, 6.07) is 4.16. The van der Waals surface area contributed by atoms with Gasteiger partial charge in [0.25, 0.3) is 0 Å². The summed E-state index contributed by atoms with van der Waals surface area (Å²) in [6.07, 6.45) is 4.67. The molecule has 4 heteroatoms. The summed E-state index contributed by atoms with van der Waals surface area (Å²) < 4.78 is 5.44. The molecule has 0 fully saturated rings. The molecule has 0 saturated heterocycles. The molecule has 0 amide bonds. The highest BCUT2D eigenvalue weighted by molar-refractivity contribution is 7.09. The van der Waals surface area contributed by atoms with Crippen LogP contribution in [0.25, 0.3) is 0 Å². The lowest BCUT2D eigenvalue weighted by Crippen LogP contribution is -2.08. The first-order valence-electron chi connectivity index (χ1n) is 5.49. The Morgan fingerprint density at radius 3 is 3.19 bits per heavy atom. The standard InChI is InChI=1S/C12H16N2OS/c1-13-6-2-4-10-9-15-12(14-10)8-11-5-3-7-16-11/h3,5,7,9,13H,2,4,6,8H2,1H3. The molecule has 2 aromatic heterocycles. The largest absolute Gasteiger partial charge is 0.448 e. The van der Waals surface area contributed by atoms with E-state index >= 15 is 0 Å². The number of aryl methyl sites for hydroxylation is 1. The molecule has 2 aromatic rings. The molecule has 0 radical (unpaired) electrons. The van der Waals surface area contributed by atoms with Crippen LogP contribution in [0, 0.1) is 0 Å². The molecule has 0 aliphatic rings. The maximum Gasteiger partial charge on any atom is 0.199 e. The van der Waals surface area contributed by atoms with Gasteiger partial charge in [0.2, 0.25) is 0 Å². The van der Waals surface area contributed by atoms with Crippen molar-refractivity contribution in [3.8, 4) is 0 Å². The van der Waals surface area contributed by atoms with E-state index in [4.69, 9.17) is 4.42 Å². The van der Waals surface area contributed by atoms with Crippen molar-refractivity contribution in [3.05, 3.63) is 40.2 Å². The Morgan fingerprint density at radius 2 is 2.44 bits per heavy atom. The second-order valence-corrected chi connectivity index (χ2v) is 4.73. The van der Waals surface area contributed by atoms with Crippen LogP contribution in [-0.2, 0) is 12.8 Å². The van der Waals surface area contributed by atoms with Crippen LogP contribution in [-0.4, -0.2) is 18.6 Å². The van der Waals surface area contributed by atoms with Crippen molar-refractivity contribution < 1.29 is 4.42 Å². The van der Waals surface area contributed by atoms with E-state index in [1.807, 2.05) is 7.05 Å². The highest BCUT2D eigenvalue weighted by atomic mass is 32.1. The molecule has 0 saturated carbocycles. The highest BCUT2D eigenvalue weighted by Crippen LogP contribution is 2.14. The zero-order valence-electron chi connectivity index (χ0n) is 9.40. The number of aromatic nitrogens is 1. The van der Waals surface area contributed by atoms with Crippen molar-refractivity contribution in [1.29, 1.82) is 0 Å². The molecule has 0 spiro atoms. The Hall–Kier alpha value is -1.13. The maximum atomic E-state index is 5.44. The van der Waals surface area contributed by atoms with E-state index in [0.29, 0.717) is 0 Å². The lowest BCUT2D eigenvalue weighted by molar-refractivity contribution is 0.507. The molecule has 0 aromatic carbocycles. The van der Waals surface area contributed by atoms with Gasteiger partial charge in [-0.15, -0.1) is 11.3 Å². The fourth-order valence-electron chi connectivity index (χ4n) is 1.55. The molecule has 0 atom stereocenters. The topological polar surface area (TPSA) is 38.1 Å². The molecule has 16 heavy (non-hydrogen) atoms. The van der Waals surface area contributed by atoms with Crippen LogP contribution < -0.4 is 5.32 Å². The number of oxazole rings is 1. The van der Waals surface area contributed by atoms with E-state index in [1.54, 1.807) is 17.6 Å². The molecule has 86 valence electrons. The number of nitrogens with one attached hydrogen (secondary N) is 1. The second-order valence-electron chi connectivity index (χ2n) is 3.70. The van der Waals surface area contributed by atoms with Gasteiger partial charge in [-0.2, -0.15) is 0 Å². The van der Waals surface area contributed by atoms with E-state index in [0.717, 1.165) is 37.4 Å². The second kappa shape index (κ2) is 5.82. The van der Waals surface area contributed by atoms with Gasteiger partial charge in [-0.05, 0) is 37.9 Å². The molecule has 2 heterocycles. The van der Waals surface area contributed by atoms with Crippen LogP contribution in [0.2, 0.25) is 0 Å². The van der Waals surface area contributed by atoms with Crippen molar-refractivity contribution in [2.75, 3.05) is 13.6 Å².